The minimum atomic E-state index is -1.02. The average Bonchev–Trinajstić information content (AvgIpc) is 3.33. The molecule has 0 aliphatic rings. The Kier molecular flexibility index (Phi) is 9.51. The number of aromatic nitrogens is 2. The van der Waals surface area contributed by atoms with E-state index in [1.54, 1.807) is 13.0 Å². The van der Waals surface area contributed by atoms with Crippen molar-refractivity contribution in [3.8, 4) is 0 Å². The first-order chi connectivity index (χ1) is 12.4. The summed E-state index contributed by atoms with van der Waals surface area (Å²) in [5, 5.41) is 14.8. The van der Waals surface area contributed by atoms with Crippen molar-refractivity contribution in [3.63, 3.8) is 0 Å². The Morgan fingerprint density at radius 1 is 1.04 bits per heavy atom. The predicted octanol–water partition coefficient (Wildman–Crippen LogP) is 2.47. The van der Waals surface area contributed by atoms with Crippen LogP contribution in [0.1, 0.15) is 27.9 Å². The van der Waals surface area contributed by atoms with Crippen LogP contribution in [0.2, 0.25) is 10.0 Å². The summed E-state index contributed by atoms with van der Waals surface area (Å²) in [6.07, 6.45) is 0. The van der Waals surface area contributed by atoms with E-state index in [1.165, 1.54) is 22.7 Å². The maximum atomic E-state index is 11.4. The number of aromatic amines is 2. The topological polar surface area (TPSA) is 125 Å². The molecule has 0 atom stereocenters. The number of hydrogen-bond donors (Lipinski definition) is 3. The molecule has 12 heteroatoms. The summed E-state index contributed by atoms with van der Waals surface area (Å²) in [5.74, 6) is -1.43. The zero-order valence-electron chi connectivity index (χ0n) is 14.7. The van der Waals surface area contributed by atoms with E-state index < -0.39 is 11.9 Å². The Hall–Kier alpha value is -1.04. The van der Waals surface area contributed by atoms with Gasteiger partial charge in [-0.3, -0.25) is 0 Å². The molecule has 144 valence electrons. The minimum Gasteiger partial charge on any atom is -0.870 e. The van der Waals surface area contributed by atoms with Gasteiger partial charge in [-0.15, -0.1) is 22.7 Å². The zero-order valence-corrected chi connectivity index (χ0v) is 19.9. The summed E-state index contributed by atoms with van der Waals surface area (Å²) >= 11 is 14.7. The SMILES string of the molecule is CCOC(=O)c1[nH]c2sccc2c1Cl.O=C(O)c1[nH]c2sccc2c1Cl.[Na+].[OH-]. The maximum Gasteiger partial charge on any atom is 1.00 e. The Balaban J connectivity index is 0.000000264. The van der Waals surface area contributed by atoms with E-state index in [-0.39, 0.29) is 40.7 Å². The number of carboxylic acids is 1. The zero-order chi connectivity index (χ0) is 18.8. The Morgan fingerprint density at radius 3 is 1.93 bits per heavy atom. The maximum absolute atomic E-state index is 11.4. The number of halogens is 2. The summed E-state index contributed by atoms with van der Waals surface area (Å²) in [6.45, 7) is 2.11. The molecule has 4 aromatic heterocycles. The molecule has 0 spiro atoms. The van der Waals surface area contributed by atoms with Gasteiger partial charge in [-0.25, -0.2) is 9.59 Å². The van der Waals surface area contributed by atoms with Crippen molar-refractivity contribution in [1.82, 2.24) is 9.97 Å². The number of thiophene rings is 2. The van der Waals surface area contributed by atoms with Crippen molar-refractivity contribution in [3.05, 3.63) is 44.3 Å². The number of hydrogen-bond acceptors (Lipinski definition) is 6. The molecule has 0 fully saturated rings. The molecule has 4 aromatic rings. The van der Waals surface area contributed by atoms with Gasteiger partial charge in [-0.1, -0.05) is 23.2 Å². The first-order valence-corrected chi connectivity index (χ1v) is 9.85. The van der Waals surface area contributed by atoms with Crippen molar-refractivity contribution in [1.29, 1.82) is 0 Å². The van der Waals surface area contributed by atoms with Gasteiger partial charge in [-0.05, 0) is 29.8 Å². The van der Waals surface area contributed by atoms with Gasteiger partial charge in [0.15, 0.2) is 0 Å². The minimum absolute atomic E-state index is 0. The van der Waals surface area contributed by atoms with Crippen LogP contribution in [0.3, 0.4) is 0 Å². The van der Waals surface area contributed by atoms with E-state index in [2.05, 4.69) is 9.97 Å². The number of fused-ring (bicyclic) bond motifs is 2. The molecule has 4 rings (SSSR count). The number of carbonyl (C=O) groups is 2. The third-order valence-corrected chi connectivity index (χ3v) is 5.86. The van der Waals surface area contributed by atoms with Gasteiger partial charge in [0.25, 0.3) is 0 Å². The smallest absolute Gasteiger partial charge is 0.870 e. The van der Waals surface area contributed by atoms with Crippen LogP contribution in [0.25, 0.3) is 20.4 Å². The average molecular weight is 471 g/mol. The van der Waals surface area contributed by atoms with Crippen molar-refractivity contribution in [2.45, 2.75) is 6.92 Å². The number of nitrogens with one attached hydrogen (secondary N) is 2. The third kappa shape index (κ3) is 4.92. The van der Waals surface area contributed by atoms with Gasteiger partial charge in [0.05, 0.1) is 16.7 Å². The van der Waals surface area contributed by atoms with Crippen LogP contribution in [0.4, 0.5) is 0 Å². The number of rotatable bonds is 3. The van der Waals surface area contributed by atoms with Crippen molar-refractivity contribution < 1.29 is 54.5 Å². The summed E-state index contributed by atoms with van der Waals surface area (Å²) in [6, 6.07) is 3.67. The molecule has 0 amide bonds. The number of ether oxygens (including phenoxy) is 1. The molecule has 7 nitrogen and oxygen atoms in total. The second-order valence-electron chi connectivity index (χ2n) is 4.98. The van der Waals surface area contributed by atoms with Crippen LogP contribution < -0.4 is 29.6 Å². The molecule has 28 heavy (non-hydrogen) atoms. The largest absolute Gasteiger partial charge is 1.00 e. The molecule has 0 aliphatic carbocycles. The van der Waals surface area contributed by atoms with Gasteiger partial charge < -0.3 is 25.3 Å². The molecule has 4 N–H and O–H groups in total. The molecule has 0 aliphatic heterocycles. The van der Waals surface area contributed by atoms with E-state index in [0.717, 1.165) is 20.4 Å². The van der Waals surface area contributed by atoms with Gasteiger partial charge in [0, 0.05) is 10.8 Å². The van der Waals surface area contributed by atoms with Crippen molar-refractivity contribution in [2.75, 3.05) is 6.61 Å². The van der Waals surface area contributed by atoms with Crippen LogP contribution >= 0.6 is 45.9 Å². The molecule has 0 saturated carbocycles. The van der Waals surface area contributed by atoms with E-state index >= 15 is 0 Å². The fraction of sp³-hybridized carbons (Fsp3) is 0.125. The quantitative estimate of drug-likeness (QED) is 0.313. The van der Waals surface area contributed by atoms with Gasteiger partial charge in [-0.2, -0.15) is 0 Å². The van der Waals surface area contributed by atoms with Crippen LogP contribution in [0, 0.1) is 0 Å². The Labute approximate surface area is 199 Å². The van der Waals surface area contributed by atoms with Crippen molar-refractivity contribution >= 4 is 78.2 Å². The van der Waals surface area contributed by atoms with Crippen LogP contribution in [-0.2, 0) is 4.74 Å². The fourth-order valence-corrected chi connectivity index (χ4v) is 4.53. The summed E-state index contributed by atoms with van der Waals surface area (Å²) in [4.78, 5) is 29.4. The second kappa shape index (κ2) is 10.7. The first-order valence-electron chi connectivity index (χ1n) is 7.33. The molecule has 0 bridgehead atoms. The van der Waals surface area contributed by atoms with Gasteiger partial charge in [0.2, 0.25) is 0 Å². The molecule has 0 radical (unpaired) electrons. The Bertz CT molecular complexity index is 1100. The normalized spacial score (nSPS) is 9.96. The first kappa shape index (κ1) is 25.0. The van der Waals surface area contributed by atoms with E-state index in [4.69, 9.17) is 33.0 Å². The van der Waals surface area contributed by atoms with Gasteiger partial charge >= 0.3 is 41.5 Å². The monoisotopic (exact) mass is 470 g/mol. The standard InChI is InChI=1S/C9H8ClNO2S.C7H4ClNO2S.Na.H2O/c1-2-13-9(12)7-6(10)5-3-4-14-8(5)11-7;8-4-3-1-2-12-6(3)9-5(4)7(10)11;;/h3-4,11H,2H2,1H3;1-2,9H,(H,10,11);;1H2/q;;+1;/p-1. The summed E-state index contributed by atoms with van der Waals surface area (Å²) < 4.78 is 4.86. The molecule has 4 heterocycles. The Morgan fingerprint density at radius 2 is 1.50 bits per heavy atom. The van der Waals surface area contributed by atoms with Crippen LogP contribution in [0.15, 0.2) is 22.9 Å². The number of carbonyl (C=O) groups excluding carboxylic acids is 1. The molecular weight excluding hydrogens is 458 g/mol. The molecule has 0 aromatic carbocycles. The number of esters is 1. The fourth-order valence-electron chi connectivity index (χ4n) is 2.26. The van der Waals surface area contributed by atoms with Crippen LogP contribution in [-0.4, -0.2) is 39.1 Å². The van der Waals surface area contributed by atoms with Crippen LogP contribution in [0.5, 0.6) is 0 Å². The molecular formula is C16H13Cl2N2NaO5S2. The second-order valence-corrected chi connectivity index (χ2v) is 7.57. The number of H-pyrrole nitrogens is 2. The molecule has 0 unspecified atom stereocenters. The van der Waals surface area contributed by atoms with Crippen molar-refractivity contribution in [2.24, 2.45) is 0 Å². The number of carboxylic acid groups (broad SMARTS) is 1. The number of aromatic carboxylic acids is 1. The summed E-state index contributed by atoms with van der Waals surface area (Å²) in [7, 11) is 0. The van der Waals surface area contributed by atoms with E-state index in [9.17, 15) is 9.59 Å². The predicted molar refractivity (Wildman–Crippen MR) is 107 cm³/mol. The van der Waals surface area contributed by atoms with E-state index in [0.29, 0.717) is 22.3 Å². The van der Waals surface area contributed by atoms with Gasteiger partial charge in [0.1, 0.15) is 21.0 Å². The van der Waals surface area contributed by atoms with E-state index in [1.807, 2.05) is 16.8 Å². The molecule has 0 saturated heterocycles. The summed E-state index contributed by atoms with van der Waals surface area (Å²) in [5.41, 5.74) is 0.411. The third-order valence-electron chi connectivity index (χ3n) is 3.41.